The molecule has 0 saturated carbocycles. The lowest BCUT2D eigenvalue weighted by atomic mass is 10.2. The van der Waals surface area contributed by atoms with Gasteiger partial charge in [-0.1, -0.05) is 12.1 Å². The topological polar surface area (TPSA) is 71.5 Å². The molecule has 2 rings (SSSR count). The van der Waals surface area contributed by atoms with Crippen LogP contribution < -0.4 is 15.0 Å². The highest BCUT2D eigenvalue weighted by Crippen LogP contribution is 2.27. The highest BCUT2D eigenvalue weighted by Gasteiger charge is 2.16. The van der Waals surface area contributed by atoms with Gasteiger partial charge in [-0.2, -0.15) is 0 Å². The number of aromatic nitrogens is 1. The van der Waals surface area contributed by atoms with Crippen molar-refractivity contribution in [2.75, 3.05) is 25.1 Å². The maximum absolute atomic E-state index is 12.0. The number of para-hydroxylation sites is 2. The first-order valence-corrected chi connectivity index (χ1v) is 7.23. The Morgan fingerprint density at radius 1 is 1.22 bits per heavy atom. The molecule has 0 fully saturated rings. The fourth-order valence-corrected chi connectivity index (χ4v) is 2.18. The molecule has 6 heteroatoms. The lowest BCUT2D eigenvalue weighted by Crippen LogP contribution is -2.37. The number of rotatable bonds is 6. The van der Waals surface area contributed by atoms with E-state index < -0.39 is 0 Å². The normalized spacial score (nSPS) is 10.0. The van der Waals surface area contributed by atoms with Crippen LogP contribution in [0.1, 0.15) is 17.3 Å². The Labute approximate surface area is 135 Å². The number of hydrogen-bond donors (Lipinski definition) is 1. The maximum atomic E-state index is 12.0. The molecule has 1 aromatic heterocycles. The molecule has 0 bridgehead atoms. The van der Waals surface area contributed by atoms with E-state index in [4.69, 9.17) is 4.74 Å². The molecule has 2 aromatic rings. The average molecular weight is 313 g/mol. The molecule has 0 radical (unpaired) electrons. The van der Waals surface area contributed by atoms with Crippen molar-refractivity contribution in [3.8, 4) is 5.75 Å². The Hall–Kier alpha value is -2.89. The number of methoxy groups -OCH3 is 1. The molecular formula is C17H19N3O3. The summed E-state index contributed by atoms with van der Waals surface area (Å²) in [5.41, 5.74) is 1.16. The number of carbonyl (C=O) groups is 2. The van der Waals surface area contributed by atoms with Crippen molar-refractivity contribution >= 4 is 17.5 Å². The van der Waals surface area contributed by atoms with Gasteiger partial charge >= 0.3 is 0 Å². The van der Waals surface area contributed by atoms with Gasteiger partial charge in [0.1, 0.15) is 5.75 Å². The van der Waals surface area contributed by atoms with E-state index in [9.17, 15) is 9.59 Å². The number of amides is 2. The fourth-order valence-electron chi connectivity index (χ4n) is 2.18. The predicted molar refractivity (Wildman–Crippen MR) is 87.6 cm³/mol. The molecular weight excluding hydrogens is 294 g/mol. The van der Waals surface area contributed by atoms with Crippen LogP contribution in [0.4, 0.5) is 5.69 Å². The second kappa shape index (κ2) is 7.93. The lowest BCUT2D eigenvalue weighted by Gasteiger charge is -2.23. The molecule has 1 heterocycles. The third-order valence-electron chi connectivity index (χ3n) is 3.30. The molecule has 0 atom stereocenters. The summed E-state index contributed by atoms with van der Waals surface area (Å²) in [6.45, 7) is 2.16. The number of nitrogens with one attached hydrogen (secondary N) is 1. The smallest absolute Gasteiger partial charge is 0.252 e. The van der Waals surface area contributed by atoms with Crippen molar-refractivity contribution in [2.24, 2.45) is 0 Å². The standard InChI is InChI=1S/C17H19N3O3/c1-13(21)20(15-7-3-4-8-16(15)23-2)11-10-19-17(22)14-6-5-9-18-12-14/h3-9,12H,10-11H2,1-2H3,(H,19,22). The quantitative estimate of drug-likeness (QED) is 0.884. The second-order valence-corrected chi connectivity index (χ2v) is 4.84. The number of hydrogen-bond acceptors (Lipinski definition) is 4. The van der Waals surface area contributed by atoms with Gasteiger partial charge in [-0.05, 0) is 24.3 Å². The van der Waals surface area contributed by atoms with Crippen LogP contribution >= 0.6 is 0 Å². The number of pyridine rings is 1. The van der Waals surface area contributed by atoms with Crippen LogP contribution in [0, 0.1) is 0 Å². The summed E-state index contributed by atoms with van der Waals surface area (Å²) in [7, 11) is 1.56. The molecule has 1 aromatic carbocycles. The molecule has 23 heavy (non-hydrogen) atoms. The molecule has 2 amide bonds. The van der Waals surface area contributed by atoms with Crippen LogP contribution in [0.5, 0.6) is 5.75 Å². The number of anilines is 1. The van der Waals surface area contributed by atoms with Gasteiger partial charge in [0.25, 0.3) is 5.91 Å². The molecule has 1 N–H and O–H groups in total. The first-order chi connectivity index (χ1) is 11.1. The van der Waals surface area contributed by atoms with Gasteiger partial charge in [0, 0.05) is 32.4 Å². The lowest BCUT2D eigenvalue weighted by molar-refractivity contribution is -0.116. The summed E-state index contributed by atoms with van der Waals surface area (Å²) >= 11 is 0. The van der Waals surface area contributed by atoms with Crippen LogP contribution in [0.2, 0.25) is 0 Å². The number of ether oxygens (including phenoxy) is 1. The number of nitrogens with zero attached hydrogens (tertiary/aromatic N) is 2. The van der Waals surface area contributed by atoms with Gasteiger partial charge in [0.15, 0.2) is 0 Å². The van der Waals surface area contributed by atoms with Crippen molar-refractivity contribution in [3.05, 3.63) is 54.4 Å². The van der Waals surface area contributed by atoms with E-state index >= 15 is 0 Å². The van der Waals surface area contributed by atoms with Crippen LogP contribution in [0.3, 0.4) is 0 Å². The Morgan fingerprint density at radius 2 is 2.00 bits per heavy atom. The minimum atomic E-state index is -0.221. The summed E-state index contributed by atoms with van der Waals surface area (Å²) in [6, 6.07) is 10.7. The SMILES string of the molecule is COc1ccccc1N(CCNC(=O)c1cccnc1)C(C)=O. The molecule has 0 saturated heterocycles. The maximum Gasteiger partial charge on any atom is 0.252 e. The first kappa shape index (κ1) is 16.5. The number of benzene rings is 1. The Bertz CT molecular complexity index is 674. The molecule has 0 unspecified atom stereocenters. The fraction of sp³-hybridized carbons (Fsp3) is 0.235. The van der Waals surface area contributed by atoms with E-state index in [1.807, 2.05) is 18.2 Å². The minimum Gasteiger partial charge on any atom is -0.495 e. The average Bonchev–Trinajstić information content (AvgIpc) is 2.59. The van der Waals surface area contributed by atoms with E-state index in [2.05, 4.69) is 10.3 Å². The largest absolute Gasteiger partial charge is 0.495 e. The zero-order valence-electron chi connectivity index (χ0n) is 13.2. The molecule has 0 spiro atoms. The van der Waals surface area contributed by atoms with Crippen LogP contribution in [-0.4, -0.2) is 37.0 Å². The summed E-state index contributed by atoms with van der Waals surface area (Å²) in [5, 5.41) is 2.78. The molecule has 0 aliphatic carbocycles. The van der Waals surface area contributed by atoms with Gasteiger partial charge in [0.2, 0.25) is 5.91 Å². The van der Waals surface area contributed by atoms with Crippen molar-refractivity contribution in [1.29, 1.82) is 0 Å². The molecule has 0 aliphatic rings. The third-order valence-corrected chi connectivity index (χ3v) is 3.30. The van der Waals surface area contributed by atoms with Crippen LogP contribution in [-0.2, 0) is 4.79 Å². The molecule has 6 nitrogen and oxygen atoms in total. The van der Waals surface area contributed by atoms with Gasteiger partial charge < -0.3 is 15.0 Å². The summed E-state index contributed by atoms with van der Waals surface area (Å²) in [5.74, 6) is 0.271. The van der Waals surface area contributed by atoms with E-state index in [0.29, 0.717) is 30.1 Å². The van der Waals surface area contributed by atoms with Gasteiger partial charge in [-0.3, -0.25) is 14.6 Å². The van der Waals surface area contributed by atoms with E-state index in [1.165, 1.54) is 13.1 Å². The number of carbonyl (C=O) groups excluding carboxylic acids is 2. The molecule has 120 valence electrons. The first-order valence-electron chi connectivity index (χ1n) is 7.23. The second-order valence-electron chi connectivity index (χ2n) is 4.84. The Balaban J connectivity index is 2.01. The zero-order valence-corrected chi connectivity index (χ0v) is 13.2. The van der Waals surface area contributed by atoms with Gasteiger partial charge in [-0.25, -0.2) is 0 Å². The Kier molecular flexibility index (Phi) is 5.68. The van der Waals surface area contributed by atoms with E-state index in [-0.39, 0.29) is 11.8 Å². The van der Waals surface area contributed by atoms with Crippen molar-refractivity contribution in [3.63, 3.8) is 0 Å². The third kappa shape index (κ3) is 4.29. The summed E-state index contributed by atoms with van der Waals surface area (Å²) < 4.78 is 5.28. The van der Waals surface area contributed by atoms with Crippen LogP contribution in [0.25, 0.3) is 0 Å². The van der Waals surface area contributed by atoms with Crippen molar-refractivity contribution in [2.45, 2.75) is 6.92 Å². The highest BCUT2D eigenvalue weighted by molar-refractivity contribution is 5.95. The van der Waals surface area contributed by atoms with Crippen LogP contribution in [0.15, 0.2) is 48.8 Å². The highest BCUT2D eigenvalue weighted by atomic mass is 16.5. The van der Waals surface area contributed by atoms with Gasteiger partial charge in [0.05, 0.1) is 18.4 Å². The summed E-state index contributed by atoms with van der Waals surface area (Å²) in [4.78, 5) is 29.4. The summed E-state index contributed by atoms with van der Waals surface area (Å²) in [6.07, 6.45) is 3.11. The molecule has 0 aliphatic heterocycles. The Morgan fingerprint density at radius 3 is 2.65 bits per heavy atom. The predicted octanol–water partition coefficient (Wildman–Crippen LogP) is 1.87. The van der Waals surface area contributed by atoms with Crippen molar-refractivity contribution in [1.82, 2.24) is 10.3 Å². The minimum absolute atomic E-state index is 0.120. The van der Waals surface area contributed by atoms with Crippen molar-refractivity contribution < 1.29 is 14.3 Å². The monoisotopic (exact) mass is 313 g/mol. The van der Waals surface area contributed by atoms with E-state index in [0.717, 1.165) is 0 Å². The zero-order chi connectivity index (χ0) is 16.7. The van der Waals surface area contributed by atoms with Gasteiger partial charge in [-0.15, -0.1) is 0 Å². The van der Waals surface area contributed by atoms with E-state index in [1.54, 1.807) is 36.4 Å².